The summed E-state index contributed by atoms with van der Waals surface area (Å²) in [5.74, 6) is 0.658. The van der Waals surface area contributed by atoms with Crippen LogP contribution >= 0.6 is 45.9 Å². The highest BCUT2D eigenvalue weighted by molar-refractivity contribution is 7.19. The molecule has 0 saturated carbocycles. The van der Waals surface area contributed by atoms with Crippen molar-refractivity contribution in [2.24, 2.45) is 5.92 Å². The maximum atomic E-state index is 6.20. The minimum atomic E-state index is 0. The molecule has 2 saturated heterocycles. The van der Waals surface area contributed by atoms with Crippen LogP contribution in [0.25, 0.3) is 5.57 Å². The topological polar surface area (TPSA) is 0 Å². The average Bonchev–Trinajstić information content (AvgIpc) is 3.15. The van der Waals surface area contributed by atoms with Crippen LogP contribution in [-0.2, 0) is 0 Å². The van der Waals surface area contributed by atoms with Gasteiger partial charge in [0.1, 0.15) is 0 Å². The summed E-state index contributed by atoms with van der Waals surface area (Å²) >= 11 is 15.7. The van der Waals surface area contributed by atoms with Crippen molar-refractivity contribution in [2.45, 2.75) is 37.8 Å². The first-order valence-electron chi connectivity index (χ1n) is 8.50. The van der Waals surface area contributed by atoms with Crippen LogP contribution in [0, 0.1) is 5.92 Å². The zero-order chi connectivity index (χ0) is 16.9. The van der Waals surface area contributed by atoms with Gasteiger partial charge in [0.25, 0.3) is 0 Å². The fraction of sp³-hybridized carbons (Fsp3) is 0.474. The molecule has 2 bridgehead atoms. The van der Waals surface area contributed by atoms with Crippen LogP contribution in [0.2, 0.25) is 8.67 Å². The molecular weight excluding hydrogens is 457 g/mol. The predicted molar refractivity (Wildman–Crippen MR) is 107 cm³/mol. The van der Waals surface area contributed by atoms with Gasteiger partial charge in [0.05, 0.1) is 34.9 Å². The third-order valence-corrected chi connectivity index (χ3v) is 8.47. The third-order valence-electron chi connectivity index (χ3n) is 5.94. The number of thiophene rings is 2. The van der Waals surface area contributed by atoms with Crippen molar-refractivity contribution in [3.63, 3.8) is 0 Å². The predicted octanol–water partition coefficient (Wildman–Crippen LogP) is 3.57. The van der Waals surface area contributed by atoms with Crippen molar-refractivity contribution >= 4 is 51.4 Å². The Labute approximate surface area is 178 Å². The molecule has 2 aliphatic heterocycles. The summed E-state index contributed by atoms with van der Waals surface area (Å²) in [6, 6.07) is 9.90. The Morgan fingerprint density at radius 2 is 1.44 bits per heavy atom. The fourth-order valence-electron chi connectivity index (χ4n) is 4.50. The Morgan fingerprint density at radius 3 is 1.84 bits per heavy atom. The average molecular weight is 479 g/mol. The summed E-state index contributed by atoms with van der Waals surface area (Å²) in [4.78, 5) is 2.51. The quantitative estimate of drug-likeness (QED) is 0.591. The van der Waals surface area contributed by atoms with Crippen LogP contribution in [0.5, 0.6) is 0 Å². The van der Waals surface area contributed by atoms with E-state index in [2.05, 4.69) is 32.3 Å². The van der Waals surface area contributed by atoms with Gasteiger partial charge in [-0.15, -0.1) is 22.7 Å². The molecule has 0 radical (unpaired) electrons. The lowest BCUT2D eigenvalue weighted by Crippen LogP contribution is -3.00. The van der Waals surface area contributed by atoms with Gasteiger partial charge in [-0.25, -0.2) is 0 Å². The van der Waals surface area contributed by atoms with Crippen molar-refractivity contribution in [3.8, 4) is 0 Å². The van der Waals surface area contributed by atoms with E-state index < -0.39 is 0 Å². The maximum Gasteiger partial charge on any atom is 0.0934 e. The van der Waals surface area contributed by atoms with E-state index in [0.717, 1.165) is 20.8 Å². The number of piperidine rings is 1. The van der Waals surface area contributed by atoms with Gasteiger partial charge >= 0.3 is 0 Å². The second-order valence-electron chi connectivity index (χ2n) is 7.53. The van der Waals surface area contributed by atoms with Crippen LogP contribution in [0.1, 0.15) is 35.4 Å². The summed E-state index contributed by atoms with van der Waals surface area (Å²) in [6.07, 6.45) is 7.87. The standard InChI is InChI=1S/C19H22Cl2NS2.BrH/c1-22(2)13-3-4-14(22)10-12(9-13)11-15(16-5-7-18(20)23-16)17-6-8-19(21)24-17;/h5-8,11-14H,3-4,9-10H2,1-2H3;1H/q+1;/p-1/t12-,13+,14-;. The second kappa shape index (κ2) is 7.65. The van der Waals surface area contributed by atoms with Gasteiger partial charge in [0.2, 0.25) is 0 Å². The monoisotopic (exact) mass is 477 g/mol. The van der Waals surface area contributed by atoms with Crippen molar-refractivity contribution in [1.82, 2.24) is 0 Å². The number of quaternary nitrogens is 1. The van der Waals surface area contributed by atoms with Crippen molar-refractivity contribution in [2.75, 3.05) is 14.1 Å². The number of hydrogen-bond donors (Lipinski definition) is 0. The minimum absolute atomic E-state index is 0. The molecule has 2 aromatic rings. The van der Waals surface area contributed by atoms with E-state index in [1.807, 2.05) is 12.1 Å². The molecule has 3 atom stereocenters. The van der Waals surface area contributed by atoms with E-state index in [1.54, 1.807) is 22.7 Å². The summed E-state index contributed by atoms with van der Waals surface area (Å²) < 4.78 is 2.91. The van der Waals surface area contributed by atoms with Crippen LogP contribution in [0.15, 0.2) is 30.3 Å². The van der Waals surface area contributed by atoms with Gasteiger partial charge in [0, 0.05) is 41.0 Å². The lowest BCUT2D eigenvalue weighted by molar-refractivity contribution is -0.931. The lowest BCUT2D eigenvalue weighted by Gasteiger charge is -2.43. The molecule has 2 fully saturated rings. The van der Waals surface area contributed by atoms with Crippen molar-refractivity contribution < 1.29 is 21.5 Å². The Bertz CT molecular complexity index is 722. The van der Waals surface area contributed by atoms with Gasteiger partial charge < -0.3 is 21.5 Å². The highest BCUT2D eigenvalue weighted by Crippen LogP contribution is 2.45. The SMILES string of the molecule is C[N+]1(C)[C@@H]2CC[C@H]1C[C@@H](C=C(c1ccc(Cl)s1)c1ccc(Cl)s1)C2.[Br-]. The summed E-state index contributed by atoms with van der Waals surface area (Å²) in [5.41, 5.74) is 1.32. The molecule has 0 aliphatic carbocycles. The largest absolute Gasteiger partial charge is 1.00 e. The molecule has 4 rings (SSSR count). The first-order valence-corrected chi connectivity index (χ1v) is 10.9. The number of allylic oxidation sites excluding steroid dienone is 1. The van der Waals surface area contributed by atoms with Gasteiger partial charge in [-0.05, 0) is 30.2 Å². The van der Waals surface area contributed by atoms with E-state index in [9.17, 15) is 0 Å². The smallest absolute Gasteiger partial charge is 0.0934 e. The van der Waals surface area contributed by atoms with Crippen LogP contribution < -0.4 is 17.0 Å². The van der Waals surface area contributed by atoms with E-state index in [4.69, 9.17) is 23.2 Å². The molecule has 0 N–H and O–H groups in total. The Kier molecular flexibility index (Phi) is 6.09. The number of fused-ring (bicyclic) bond motifs is 2. The molecule has 0 spiro atoms. The highest BCUT2D eigenvalue weighted by atomic mass is 79.9. The van der Waals surface area contributed by atoms with Gasteiger partial charge in [-0.1, -0.05) is 29.3 Å². The van der Waals surface area contributed by atoms with E-state index in [0.29, 0.717) is 5.92 Å². The first kappa shape index (κ1) is 19.9. The third kappa shape index (κ3) is 3.90. The summed E-state index contributed by atoms with van der Waals surface area (Å²) in [7, 11) is 4.84. The number of halogens is 3. The van der Waals surface area contributed by atoms with Crippen molar-refractivity contribution in [1.29, 1.82) is 0 Å². The molecule has 0 unspecified atom stereocenters. The normalized spacial score (nSPS) is 27.0. The molecule has 1 nitrogen and oxygen atoms in total. The van der Waals surface area contributed by atoms with E-state index in [1.165, 1.54) is 45.5 Å². The van der Waals surface area contributed by atoms with Crippen LogP contribution in [-0.4, -0.2) is 30.7 Å². The van der Waals surface area contributed by atoms with Crippen LogP contribution in [0.4, 0.5) is 0 Å². The zero-order valence-corrected chi connectivity index (χ0v) is 19.1. The Hall–Kier alpha value is 0.160. The van der Waals surface area contributed by atoms with Crippen molar-refractivity contribution in [3.05, 3.63) is 48.8 Å². The highest BCUT2D eigenvalue weighted by Gasteiger charge is 2.48. The molecule has 4 heterocycles. The number of hydrogen-bond acceptors (Lipinski definition) is 2. The lowest BCUT2D eigenvalue weighted by atomic mass is 9.87. The Morgan fingerprint density at radius 1 is 0.960 bits per heavy atom. The minimum Gasteiger partial charge on any atom is -1.00 e. The molecule has 2 aromatic heterocycles. The molecule has 0 amide bonds. The first-order chi connectivity index (χ1) is 11.4. The zero-order valence-electron chi connectivity index (χ0n) is 14.3. The van der Waals surface area contributed by atoms with Gasteiger partial charge in [-0.2, -0.15) is 0 Å². The summed E-state index contributed by atoms with van der Waals surface area (Å²) in [5, 5.41) is 0. The van der Waals surface area contributed by atoms with Gasteiger partial charge in [-0.3, -0.25) is 0 Å². The number of nitrogens with zero attached hydrogens (tertiary/aromatic N) is 1. The second-order valence-corrected chi connectivity index (χ2v) is 11.0. The molecule has 25 heavy (non-hydrogen) atoms. The molecule has 136 valence electrons. The molecule has 2 aliphatic rings. The molecule has 6 heteroatoms. The summed E-state index contributed by atoms with van der Waals surface area (Å²) in [6.45, 7) is 0. The maximum absolute atomic E-state index is 6.20. The molecule has 0 aromatic carbocycles. The van der Waals surface area contributed by atoms with E-state index >= 15 is 0 Å². The van der Waals surface area contributed by atoms with E-state index in [-0.39, 0.29) is 17.0 Å². The number of rotatable bonds is 3. The Balaban J connectivity index is 0.00000182. The van der Waals surface area contributed by atoms with Crippen LogP contribution in [0.3, 0.4) is 0 Å². The molecular formula is C19H22BrCl2NS2. The van der Waals surface area contributed by atoms with Gasteiger partial charge in [0.15, 0.2) is 0 Å². The fourth-order valence-corrected chi connectivity index (χ4v) is 6.73.